The summed E-state index contributed by atoms with van der Waals surface area (Å²) in [5.74, 6) is -1.63. The first-order chi connectivity index (χ1) is 5.79. The quantitative estimate of drug-likeness (QED) is 0.193. The molecule has 0 fully saturated rings. The molecule has 0 atom stereocenters. The van der Waals surface area contributed by atoms with Crippen molar-refractivity contribution in [3.05, 3.63) is 10.1 Å². The second-order valence-corrected chi connectivity index (χ2v) is 2.99. The summed E-state index contributed by atoms with van der Waals surface area (Å²) in [6, 6.07) is 0. The summed E-state index contributed by atoms with van der Waals surface area (Å²) in [4.78, 5) is 19.2. The van der Waals surface area contributed by atoms with Crippen LogP contribution in [-0.4, -0.2) is 34.7 Å². The van der Waals surface area contributed by atoms with Gasteiger partial charge >= 0.3 is 16.2 Å². The fourth-order valence-corrected chi connectivity index (χ4v) is 0.829. The Morgan fingerprint density at radius 1 is 1.69 bits per heavy atom. The summed E-state index contributed by atoms with van der Waals surface area (Å²) in [5.41, 5.74) is 0. The van der Waals surface area contributed by atoms with Crippen molar-refractivity contribution in [2.45, 2.75) is 0 Å². The van der Waals surface area contributed by atoms with Crippen molar-refractivity contribution in [1.82, 2.24) is 4.31 Å². The molecule has 0 bridgehead atoms. The third kappa shape index (κ3) is 3.45. The van der Waals surface area contributed by atoms with Gasteiger partial charge < -0.3 is 0 Å². The average Bonchev–Trinajstić information content (AvgIpc) is 1.82. The van der Waals surface area contributed by atoms with Crippen LogP contribution in [0.25, 0.3) is 0 Å². The van der Waals surface area contributed by atoms with Crippen molar-refractivity contribution in [2.75, 3.05) is 6.54 Å². The predicted octanol–water partition coefficient (Wildman–Crippen LogP) is -1.62. The van der Waals surface area contributed by atoms with Crippen molar-refractivity contribution in [2.24, 2.45) is 0 Å². The van der Waals surface area contributed by atoms with Crippen LogP contribution in [-0.2, 0) is 15.1 Å². The number of rotatable bonds is 3. The molecule has 0 aliphatic rings. The smallest absolute Gasteiger partial charge is 0.268 e. The molecule has 0 unspecified atom stereocenters. The molecule has 9 nitrogen and oxygen atoms in total. The predicted molar refractivity (Wildman–Crippen MR) is 35.9 cm³/mol. The Balaban J connectivity index is 4.75. The molecule has 1 amide bonds. The minimum Gasteiger partial charge on any atom is -0.268 e. The molecule has 13 heavy (non-hydrogen) atoms. The molecule has 0 aromatic carbocycles. The lowest BCUT2D eigenvalue weighted by molar-refractivity contribution is -0.468. The van der Waals surface area contributed by atoms with Gasteiger partial charge in [0.25, 0.3) is 6.54 Å². The zero-order valence-electron chi connectivity index (χ0n) is 5.95. The number of carbonyl (C=O) groups excluding carboxylic acids is 1. The molecule has 0 spiro atoms. The molecule has 72 valence electrons. The molecular formula is C3H3N3O6S. The first-order valence-corrected chi connectivity index (χ1v) is 4.01. The summed E-state index contributed by atoms with van der Waals surface area (Å²) in [7, 11) is -5.04. The van der Waals surface area contributed by atoms with Crippen LogP contribution in [0, 0.1) is 21.6 Å². The van der Waals surface area contributed by atoms with E-state index in [0.29, 0.717) is 0 Å². The zero-order valence-corrected chi connectivity index (χ0v) is 6.76. The van der Waals surface area contributed by atoms with Gasteiger partial charge in [0.1, 0.15) is 0 Å². The van der Waals surface area contributed by atoms with Crippen molar-refractivity contribution < 1.29 is 22.7 Å². The first-order valence-electron chi connectivity index (χ1n) is 2.61. The molecular weight excluding hydrogens is 206 g/mol. The lowest BCUT2D eigenvalue weighted by Gasteiger charge is -2.04. The van der Waals surface area contributed by atoms with Gasteiger partial charge in [-0.15, -0.1) is 4.31 Å². The van der Waals surface area contributed by atoms with Crippen LogP contribution in [0.2, 0.25) is 0 Å². The van der Waals surface area contributed by atoms with Crippen molar-refractivity contribution in [1.29, 1.82) is 5.26 Å². The van der Waals surface area contributed by atoms with E-state index in [1.807, 2.05) is 0 Å². The third-order valence-corrected chi connectivity index (χ3v) is 1.56. The molecule has 0 rings (SSSR count). The largest absolute Gasteiger partial charge is 0.375 e. The van der Waals surface area contributed by atoms with E-state index in [-0.39, 0.29) is 0 Å². The molecule has 0 saturated carbocycles. The van der Waals surface area contributed by atoms with E-state index in [4.69, 9.17) is 9.81 Å². The van der Waals surface area contributed by atoms with Crippen LogP contribution >= 0.6 is 0 Å². The van der Waals surface area contributed by atoms with Gasteiger partial charge in [-0.2, -0.15) is 13.7 Å². The van der Waals surface area contributed by atoms with Crippen LogP contribution in [0.1, 0.15) is 0 Å². The van der Waals surface area contributed by atoms with Crippen molar-refractivity contribution >= 4 is 16.2 Å². The average molecular weight is 209 g/mol. The Labute approximate surface area is 72.2 Å². The van der Waals surface area contributed by atoms with Crippen LogP contribution < -0.4 is 0 Å². The van der Waals surface area contributed by atoms with Crippen LogP contribution in [0.3, 0.4) is 0 Å². The molecule has 10 heteroatoms. The molecule has 0 aliphatic carbocycles. The lowest BCUT2D eigenvalue weighted by atomic mass is 10.6. The maximum absolute atomic E-state index is 10.6. The van der Waals surface area contributed by atoms with Crippen LogP contribution in [0.15, 0.2) is 0 Å². The molecule has 0 heterocycles. The SMILES string of the molecule is N#CN(C(=O)C[N+](=O)[O-])S(=O)(=O)O. The highest BCUT2D eigenvalue weighted by atomic mass is 32.2. The molecule has 0 aromatic heterocycles. The van der Waals surface area contributed by atoms with Crippen LogP contribution in [0.5, 0.6) is 0 Å². The van der Waals surface area contributed by atoms with Gasteiger partial charge in [0.2, 0.25) is 6.19 Å². The molecule has 0 saturated heterocycles. The summed E-state index contributed by atoms with van der Waals surface area (Å²) in [6.45, 7) is -1.38. The number of amides is 1. The Hall–Kier alpha value is -1.73. The van der Waals surface area contributed by atoms with E-state index in [1.54, 1.807) is 0 Å². The summed E-state index contributed by atoms with van der Waals surface area (Å²) < 4.78 is 27.9. The van der Waals surface area contributed by atoms with E-state index in [1.165, 1.54) is 0 Å². The lowest BCUT2D eigenvalue weighted by Crippen LogP contribution is -2.36. The van der Waals surface area contributed by atoms with Gasteiger partial charge in [0.05, 0.1) is 0 Å². The number of hydrogen-bond donors (Lipinski definition) is 1. The Morgan fingerprint density at radius 3 is 2.38 bits per heavy atom. The Kier molecular flexibility index (Phi) is 3.28. The fraction of sp³-hybridized carbons (Fsp3) is 0.333. The first kappa shape index (κ1) is 11.3. The van der Waals surface area contributed by atoms with Crippen LogP contribution in [0.4, 0.5) is 0 Å². The maximum atomic E-state index is 10.6. The molecule has 0 aliphatic heterocycles. The van der Waals surface area contributed by atoms with E-state index in [0.717, 1.165) is 6.19 Å². The monoisotopic (exact) mass is 209 g/mol. The van der Waals surface area contributed by atoms with Gasteiger partial charge in [-0.3, -0.25) is 19.5 Å². The fourth-order valence-electron chi connectivity index (χ4n) is 0.411. The number of carbonyl (C=O) groups is 1. The summed E-state index contributed by atoms with van der Waals surface area (Å²) in [6.07, 6.45) is 0.789. The highest BCUT2D eigenvalue weighted by Crippen LogP contribution is 1.95. The maximum Gasteiger partial charge on any atom is 0.375 e. The summed E-state index contributed by atoms with van der Waals surface area (Å²) in [5, 5.41) is 17.8. The topological polar surface area (TPSA) is 142 Å². The molecule has 0 aromatic rings. The zero-order chi connectivity index (χ0) is 10.6. The van der Waals surface area contributed by atoms with E-state index < -0.39 is 32.0 Å². The Bertz CT molecular complexity index is 365. The van der Waals surface area contributed by atoms with E-state index in [9.17, 15) is 23.3 Å². The van der Waals surface area contributed by atoms with E-state index >= 15 is 0 Å². The highest BCUT2D eigenvalue weighted by Gasteiger charge is 2.28. The minimum atomic E-state index is -5.04. The van der Waals surface area contributed by atoms with Gasteiger partial charge in [0.15, 0.2) is 0 Å². The van der Waals surface area contributed by atoms with Gasteiger partial charge in [-0.05, 0) is 0 Å². The summed E-state index contributed by atoms with van der Waals surface area (Å²) >= 11 is 0. The normalized spacial score (nSPS) is 10.2. The minimum absolute atomic E-state index is 0.671. The molecule has 0 radical (unpaired) electrons. The number of nitro groups is 1. The Morgan fingerprint density at radius 2 is 2.15 bits per heavy atom. The number of nitriles is 1. The van der Waals surface area contributed by atoms with Gasteiger partial charge in [-0.1, -0.05) is 0 Å². The second-order valence-electron chi connectivity index (χ2n) is 1.73. The highest BCUT2D eigenvalue weighted by molar-refractivity contribution is 7.84. The standard InChI is InChI=1S/C3H3N3O6S/c4-2-5(13(10,11)12)3(7)1-6(8)9/h1H2,(H,10,11,12). The number of nitrogens with zero attached hydrogens (tertiary/aromatic N) is 3. The van der Waals surface area contributed by atoms with Gasteiger partial charge in [-0.25, -0.2) is 0 Å². The second kappa shape index (κ2) is 3.78. The van der Waals surface area contributed by atoms with Crippen molar-refractivity contribution in [3.8, 4) is 6.19 Å². The van der Waals surface area contributed by atoms with Crippen molar-refractivity contribution in [3.63, 3.8) is 0 Å². The molecule has 1 N–H and O–H groups in total. The van der Waals surface area contributed by atoms with E-state index in [2.05, 4.69) is 0 Å². The number of hydrogen-bond acceptors (Lipinski definition) is 6. The third-order valence-electron chi connectivity index (χ3n) is 0.812. The van der Waals surface area contributed by atoms with Gasteiger partial charge in [0, 0.05) is 4.92 Å².